The van der Waals surface area contributed by atoms with Crippen LogP contribution >= 0.6 is 0 Å². The maximum absolute atomic E-state index is 12.3. The van der Waals surface area contributed by atoms with Crippen LogP contribution in [-0.4, -0.2) is 16.0 Å². The fourth-order valence-electron chi connectivity index (χ4n) is 2.63. The molecule has 0 saturated heterocycles. The van der Waals surface area contributed by atoms with Crippen molar-refractivity contribution in [3.05, 3.63) is 57.1 Å². The van der Waals surface area contributed by atoms with Crippen molar-refractivity contribution in [2.24, 2.45) is 0 Å². The third kappa shape index (κ3) is 3.22. The minimum Gasteiger partial charge on any atom is -0.360 e. The molecule has 0 saturated carbocycles. The number of fused-ring (bicyclic) bond motifs is 1. The van der Waals surface area contributed by atoms with Gasteiger partial charge < -0.3 is 14.8 Å². The van der Waals surface area contributed by atoms with Gasteiger partial charge in [-0.05, 0) is 49.8 Å². The van der Waals surface area contributed by atoms with Crippen molar-refractivity contribution in [3.8, 4) is 0 Å². The molecule has 0 fully saturated rings. The Labute approximate surface area is 138 Å². The fourth-order valence-corrected chi connectivity index (χ4v) is 2.63. The summed E-state index contributed by atoms with van der Waals surface area (Å²) in [4.78, 5) is 27.1. The van der Waals surface area contributed by atoms with Crippen molar-refractivity contribution in [2.75, 3.05) is 5.32 Å². The number of aromatic amines is 1. The monoisotopic (exact) mass is 325 g/mol. The second-order valence-corrected chi connectivity index (χ2v) is 5.97. The van der Waals surface area contributed by atoms with Crippen LogP contribution in [0.25, 0.3) is 10.9 Å². The molecular formula is C18H19N3O3. The van der Waals surface area contributed by atoms with Crippen LogP contribution in [0.2, 0.25) is 0 Å². The molecule has 1 amide bonds. The van der Waals surface area contributed by atoms with E-state index >= 15 is 0 Å². The van der Waals surface area contributed by atoms with E-state index < -0.39 is 0 Å². The number of carbonyl (C=O) groups is 1. The standard InChI is InChI=1S/C18H19N3O3/c1-10-4-5-13-9-14(18(23)20-17(13)12(10)3)6-7-16(22)19-15-8-11(2)24-21-15/h4-5,8-9H,6-7H2,1-3H3,(H,20,23)(H,19,21,22). The van der Waals surface area contributed by atoms with Gasteiger partial charge in [0.05, 0.1) is 5.52 Å². The quantitative estimate of drug-likeness (QED) is 0.772. The number of nitrogens with one attached hydrogen (secondary N) is 2. The van der Waals surface area contributed by atoms with Gasteiger partial charge in [0.15, 0.2) is 5.82 Å². The number of carbonyl (C=O) groups excluding carboxylic acids is 1. The number of H-pyrrole nitrogens is 1. The first kappa shape index (κ1) is 16.0. The number of aromatic nitrogens is 2. The number of pyridine rings is 1. The molecule has 3 rings (SSSR count). The topological polar surface area (TPSA) is 88.0 Å². The van der Waals surface area contributed by atoms with E-state index in [1.54, 1.807) is 13.0 Å². The molecule has 124 valence electrons. The van der Waals surface area contributed by atoms with Gasteiger partial charge in [0.2, 0.25) is 5.91 Å². The van der Waals surface area contributed by atoms with Crippen molar-refractivity contribution in [2.45, 2.75) is 33.6 Å². The Morgan fingerprint density at radius 3 is 2.75 bits per heavy atom. The molecule has 1 aromatic carbocycles. The number of hydrogen-bond acceptors (Lipinski definition) is 4. The van der Waals surface area contributed by atoms with E-state index in [2.05, 4.69) is 15.5 Å². The molecule has 0 radical (unpaired) electrons. The van der Waals surface area contributed by atoms with Crippen molar-refractivity contribution < 1.29 is 9.32 Å². The van der Waals surface area contributed by atoms with Gasteiger partial charge in [0, 0.05) is 18.1 Å². The minimum absolute atomic E-state index is 0.152. The van der Waals surface area contributed by atoms with Crippen LogP contribution < -0.4 is 10.9 Å². The van der Waals surface area contributed by atoms with Crippen LogP contribution in [0.4, 0.5) is 5.82 Å². The largest absolute Gasteiger partial charge is 0.360 e. The molecule has 0 unspecified atom stereocenters. The molecule has 2 N–H and O–H groups in total. The van der Waals surface area contributed by atoms with Gasteiger partial charge in [-0.25, -0.2) is 0 Å². The summed E-state index contributed by atoms with van der Waals surface area (Å²) in [6.45, 7) is 5.75. The van der Waals surface area contributed by atoms with Gasteiger partial charge in [-0.2, -0.15) is 0 Å². The van der Waals surface area contributed by atoms with Gasteiger partial charge in [0.25, 0.3) is 5.56 Å². The molecule has 0 atom stereocenters. The van der Waals surface area contributed by atoms with Gasteiger partial charge in [-0.3, -0.25) is 9.59 Å². The van der Waals surface area contributed by atoms with Gasteiger partial charge in [-0.15, -0.1) is 0 Å². The van der Waals surface area contributed by atoms with Crippen LogP contribution in [0.15, 0.2) is 33.6 Å². The maximum atomic E-state index is 12.3. The number of hydrogen-bond donors (Lipinski definition) is 2. The highest BCUT2D eigenvalue weighted by Crippen LogP contribution is 2.19. The molecule has 24 heavy (non-hydrogen) atoms. The summed E-state index contributed by atoms with van der Waals surface area (Å²) in [5, 5.41) is 7.33. The zero-order chi connectivity index (χ0) is 17.3. The highest BCUT2D eigenvalue weighted by atomic mass is 16.5. The highest BCUT2D eigenvalue weighted by Gasteiger charge is 2.10. The number of rotatable bonds is 4. The molecule has 0 spiro atoms. The van der Waals surface area contributed by atoms with Crippen molar-refractivity contribution >= 4 is 22.6 Å². The normalized spacial score (nSPS) is 11.0. The summed E-state index contributed by atoms with van der Waals surface area (Å²) in [6, 6.07) is 7.51. The molecule has 3 aromatic rings. The Morgan fingerprint density at radius 2 is 2.04 bits per heavy atom. The van der Waals surface area contributed by atoms with Crippen LogP contribution in [0.3, 0.4) is 0 Å². The van der Waals surface area contributed by atoms with E-state index in [0.29, 0.717) is 23.6 Å². The average Bonchev–Trinajstić information content (AvgIpc) is 2.95. The Balaban J connectivity index is 1.75. The second-order valence-electron chi connectivity index (χ2n) is 5.97. The fraction of sp³-hybridized carbons (Fsp3) is 0.278. The zero-order valence-corrected chi connectivity index (χ0v) is 13.9. The summed E-state index contributed by atoms with van der Waals surface area (Å²) in [5.41, 5.74) is 3.49. The lowest BCUT2D eigenvalue weighted by atomic mass is 10.0. The second kappa shape index (κ2) is 6.31. The smallest absolute Gasteiger partial charge is 0.251 e. The molecule has 0 aliphatic heterocycles. The number of benzene rings is 1. The number of amides is 1. The Morgan fingerprint density at radius 1 is 1.25 bits per heavy atom. The molecule has 2 heterocycles. The van der Waals surface area contributed by atoms with E-state index in [1.165, 1.54) is 0 Å². The minimum atomic E-state index is -0.206. The van der Waals surface area contributed by atoms with E-state index in [4.69, 9.17) is 4.52 Å². The first-order chi connectivity index (χ1) is 11.4. The lowest BCUT2D eigenvalue weighted by molar-refractivity contribution is -0.116. The van der Waals surface area contributed by atoms with Crippen LogP contribution in [-0.2, 0) is 11.2 Å². The molecule has 0 bridgehead atoms. The van der Waals surface area contributed by atoms with Gasteiger partial charge in [0.1, 0.15) is 5.76 Å². The summed E-state index contributed by atoms with van der Waals surface area (Å²) in [7, 11) is 0. The Bertz CT molecular complexity index is 969. The lowest BCUT2D eigenvalue weighted by Gasteiger charge is -2.08. The van der Waals surface area contributed by atoms with E-state index in [1.807, 2.05) is 32.0 Å². The SMILES string of the molecule is Cc1cc(NC(=O)CCc2cc3ccc(C)c(C)c3[nH]c2=O)no1. The summed E-state index contributed by atoms with van der Waals surface area (Å²) < 4.78 is 4.90. The predicted molar refractivity (Wildman–Crippen MR) is 92.2 cm³/mol. The number of nitrogens with zero attached hydrogens (tertiary/aromatic N) is 1. The Hall–Kier alpha value is -2.89. The van der Waals surface area contributed by atoms with E-state index in [9.17, 15) is 9.59 Å². The lowest BCUT2D eigenvalue weighted by Crippen LogP contribution is -2.17. The average molecular weight is 325 g/mol. The van der Waals surface area contributed by atoms with E-state index in [-0.39, 0.29) is 17.9 Å². The molecule has 6 heteroatoms. The summed E-state index contributed by atoms with van der Waals surface area (Å²) >= 11 is 0. The van der Waals surface area contributed by atoms with Crippen LogP contribution in [0, 0.1) is 20.8 Å². The number of anilines is 1. The van der Waals surface area contributed by atoms with Crippen molar-refractivity contribution in [1.29, 1.82) is 0 Å². The summed E-state index contributed by atoms with van der Waals surface area (Å²) in [6.07, 6.45) is 0.562. The van der Waals surface area contributed by atoms with Crippen LogP contribution in [0.1, 0.15) is 28.9 Å². The van der Waals surface area contributed by atoms with Gasteiger partial charge >= 0.3 is 0 Å². The molecular weight excluding hydrogens is 306 g/mol. The maximum Gasteiger partial charge on any atom is 0.251 e. The van der Waals surface area contributed by atoms with Gasteiger partial charge in [-0.1, -0.05) is 17.3 Å². The zero-order valence-electron chi connectivity index (χ0n) is 13.9. The summed E-state index contributed by atoms with van der Waals surface area (Å²) in [5.74, 6) is 0.806. The Kier molecular flexibility index (Phi) is 4.20. The van der Waals surface area contributed by atoms with Crippen molar-refractivity contribution in [1.82, 2.24) is 10.1 Å². The highest BCUT2D eigenvalue weighted by molar-refractivity contribution is 5.90. The third-order valence-electron chi connectivity index (χ3n) is 4.14. The molecule has 6 nitrogen and oxygen atoms in total. The van der Waals surface area contributed by atoms with Crippen LogP contribution in [0.5, 0.6) is 0 Å². The van der Waals surface area contributed by atoms with Crippen molar-refractivity contribution in [3.63, 3.8) is 0 Å². The van der Waals surface area contributed by atoms with E-state index in [0.717, 1.165) is 22.0 Å². The first-order valence-electron chi connectivity index (χ1n) is 7.79. The number of aryl methyl sites for hydroxylation is 4. The third-order valence-corrected chi connectivity index (χ3v) is 4.14. The molecule has 0 aliphatic rings. The predicted octanol–water partition coefficient (Wildman–Crippen LogP) is 3.01. The molecule has 2 aromatic heterocycles. The molecule has 0 aliphatic carbocycles. The first-order valence-corrected chi connectivity index (χ1v) is 7.79.